The molecule has 0 unspecified atom stereocenters. The summed E-state index contributed by atoms with van der Waals surface area (Å²) >= 11 is 5.92. The first kappa shape index (κ1) is 9.94. The molecule has 1 aliphatic rings. The van der Waals surface area contributed by atoms with Crippen LogP contribution in [0.5, 0.6) is 0 Å². The zero-order valence-corrected chi connectivity index (χ0v) is 9.14. The Hall–Kier alpha value is -0.600. The molecule has 0 radical (unpaired) electrons. The first-order valence-corrected chi connectivity index (χ1v) is 5.41. The minimum absolute atomic E-state index is 0.155. The number of nitrogens with zero attached hydrogens (tertiary/aromatic N) is 1. The maximum Gasteiger partial charge on any atom is 0.129 e. The van der Waals surface area contributed by atoms with Crippen molar-refractivity contribution in [2.24, 2.45) is 5.73 Å². The maximum atomic E-state index is 6.33. The van der Waals surface area contributed by atoms with Crippen LogP contribution in [0.1, 0.15) is 36.9 Å². The molecule has 76 valence electrons. The molecule has 1 heterocycles. The number of hydrogen-bond acceptors (Lipinski definition) is 2. The molecule has 1 aromatic heterocycles. The van der Waals surface area contributed by atoms with Crippen LogP contribution < -0.4 is 5.73 Å². The molecule has 1 aliphatic carbocycles. The van der Waals surface area contributed by atoms with Gasteiger partial charge < -0.3 is 5.73 Å². The molecular formula is C11H15ClN2. The van der Waals surface area contributed by atoms with Crippen molar-refractivity contribution in [3.8, 4) is 0 Å². The summed E-state index contributed by atoms with van der Waals surface area (Å²) in [5.74, 6) is 0. The molecule has 1 saturated carbocycles. The number of pyridine rings is 1. The van der Waals surface area contributed by atoms with Gasteiger partial charge in [-0.2, -0.15) is 0 Å². The van der Waals surface area contributed by atoms with E-state index in [1.807, 2.05) is 13.0 Å². The molecule has 2 nitrogen and oxygen atoms in total. The molecule has 0 atom stereocenters. The molecule has 0 saturated heterocycles. The Morgan fingerprint density at radius 3 is 2.57 bits per heavy atom. The van der Waals surface area contributed by atoms with Crippen molar-refractivity contribution in [3.05, 3.63) is 28.5 Å². The normalized spacial score (nSPS) is 19.9. The summed E-state index contributed by atoms with van der Waals surface area (Å²) in [6.07, 6.45) is 4.56. The summed E-state index contributed by atoms with van der Waals surface area (Å²) in [4.78, 5) is 4.15. The van der Waals surface area contributed by atoms with Crippen molar-refractivity contribution in [3.63, 3.8) is 0 Å². The van der Waals surface area contributed by atoms with Gasteiger partial charge in [-0.25, -0.2) is 4.98 Å². The third kappa shape index (κ3) is 1.77. The molecule has 2 rings (SSSR count). The zero-order valence-electron chi connectivity index (χ0n) is 8.39. The Labute approximate surface area is 89.5 Å². The van der Waals surface area contributed by atoms with Gasteiger partial charge in [0.15, 0.2) is 0 Å². The second-order valence-corrected chi connectivity index (χ2v) is 4.57. The standard InChI is InChI=1S/C11H15ClN2/c1-8-6-9(7-10(12)14-8)11(13)4-2-3-5-11/h6-7H,2-5,13H2,1H3. The topological polar surface area (TPSA) is 38.9 Å². The Morgan fingerprint density at radius 1 is 1.36 bits per heavy atom. The molecule has 0 aliphatic heterocycles. The van der Waals surface area contributed by atoms with Crippen molar-refractivity contribution >= 4 is 11.6 Å². The Bertz CT molecular complexity index is 323. The number of hydrogen-bond donors (Lipinski definition) is 1. The van der Waals surface area contributed by atoms with Crippen LogP contribution in [0.2, 0.25) is 5.15 Å². The highest BCUT2D eigenvalue weighted by atomic mass is 35.5. The average Bonchev–Trinajstić information content (AvgIpc) is 2.52. The molecule has 0 spiro atoms. The van der Waals surface area contributed by atoms with Gasteiger partial charge in [0.2, 0.25) is 0 Å². The number of aryl methyl sites for hydroxylation is 1. The van der Waals surface area contributed by atoms with Crippen LogP contribution in [0.25, 0.3) is 0 Å². The van der Waals surface area contributed by atoms with E-state index in [0.29, 0.717) is 5.15 Å². The van der Waals surface area contributed by atoms with Gasteiger partial charge in [-0.05, 0) is 37.5 Å². The zero-order chi connectivity index (χ0) is 10.2. The van der Waals surface area contributed by atoms with Crippen LogP contribution in [-0.2, 0) is 5.54 Å². The SMILES string of the molecule is Cc1cc(C2(N)CCCC2)cc(Cl)n1. The fourth-order valence-electron chi connectivity index (χ4n) is 2.21. The summed E-state index contributed by atoms with van der Waals surface area (Å²) in [5, 5.41) is 0.553. The van der Waals surface area contributed by atoms with Crippen molar-refractivity contribution in [1.82, 2.24) is 4.98 Å². The first-order valence-electron chi connectivity index (χ1n) is 5.04. The van der Waals surface area contributed by atoms with E-state index in [1.165, 1.54) is 12.8 Å². The predicted octanol–water partition coefficient (Wildman–Crippen LogP) is 2.77. The van der Waals surface area contributed by atoms with Crippen LogP contribution in [0.4, 0.5) is 0 Å². The summed E-state index contributed by atoms with van der Waals surface area (Å²) in [7, 11) is 0. The van der Waals surface area contributed by atoms with E-state index in [4.69, 9.17) is 17.3 Å². The van der Waals surface area contributed by atoms with E-state index in [9.17, 15) is 0 Å². The second-order valence-electron chi connectivity index (χ2n) is 4.18. The lowest BCUT2D eigenvalue weighted by Crippen LogP contribution is -2.33. The molecule has 1 fully saturated rings. The van der Waals surface area contributed by atoms with Crippen molar-refractivity contribution in [2.45, 2.75) is 38.1 Å². The van der Waals surface area contributed by atoms with Gasteiger partial charge in [-0.15, -0.1) is 0 Å². The van der Waals surface area contributed by atoms with Crippen LogP contribution in [0.3, 0.4) is 0 Å². The largest absolute Gasteiger partial charge is 0.321 e. The van der Waals surface area contributed by atoms with Gasteiger partial charge in [0.05, 0.1) is 0 Å². The quantitative estimate of drug-likeness (QED) is 0.724. The van der Waals surface area contributed by atoms with E-state index >= 15 is 0 Å². The Balaban J connectivity index is 2.40. The fourth-order valence-corrected chi connectivity index (χ4v) is 2.46. The van der Waals surface area contributed by atoms with Crippen LogP contribution in [0, 0.1) is 6.92 Å². The minimum atomic E-state index is -0.155. The van der Waals surface area contributed by atoms with E-state index in [-0.39, 0.29) is 5.54 Å². The third-order valence-corrected chi connectivity index (χ3v) is 3.19. The first-order chi connectivity index (χ1) is 6.60. The van der Waals surface area contributed by atoms with E-state index in [1.54, 1.807) is 0 Å². The lowest BCUT2D eigenvalue weighted by Gasteiger charge is -2.24. The summed E-state index contributed by atoms with van der Waals surface area (Å²) < 4.78 is 0. The van der Waals surface area contributed by atoms with Crippen LogP contribution in [0.15, 0.2) is 12.1 Å². The van der Waals surface area contributed by atoms with Crippen LogP contribution in [-0.4, -0.2) is 4.98 Å². The number of nitrogens with two attached hydrogens (primary N) is 1. The molecular weight excluding hydrogens is 196 g/mol. The highest BCUT2D eigenvalue weighted by Gasteiger charge is 2.31. The predicted molar refractivity (Wildman–Crippen MR) is 58.3 cm³/mol. The molecule has 0 amide bonds. The van der Waals surface area contributed by atoms with Gasteiger partial charge in [-0.3, -0.25) is 0 Å². The monoisotopic (exact) mass is 210 g/mol. The van der Waals surface area contributed by atoms with Gasteiger partial charge in [0, 0.05) is 11.2 Å². The van der Waals surface area contributed by atoms with Crippen molar-refractivity contribution in [2.75, 3.05) is 0 Å². The summed E-state index contributed by atoms with van der Waals surface area (Å²) in [6, 6.07) is 3.96. The number of aromatic nitrogens is 1. The molecule has 14 heavy (non-hydrogen) atoms. The second kappa shape index (κ2) is 3.52. The highest BCUT2D eigenvalue weighted by molar-refractivity contribution is 6.29. The molecule has 2 N–H and O–H groups in total. The molecule has 1 aromatic rings. The van der Waals surface area contributed by atoms with Gasteiger partial charge in [0.1, 0.15) is 5.15 Å². The molecule has 3 heteroatoms. The summed E-state index contributed by atoms with van der Waals surface area (Å²) in [5.41, 5.74) is 8.27. The smallest absolute Gasteiger partial charge is 0.129 e. The van der Waals surface area contributed by atoms with Gasteiger partial charge in [-0.1, -0.05) is 24.4 Å². The lowest BCUT2D eigenvalue weighted by atomic mass is 9.90. The lowest BCUT2D eigenvalue weighted by molar-refractivity contribution is 0.461. The Morgan fingerprint density at radius 2 is 2.00 bits per heavy atom. The highest BCUT2D eigenvalue weighted by Crippen LogP contribution is 2.36. The van der Waals surface area contributed by atoms with E-state index in [0.717, 1.165) is 24.1 Å². The van der Waals surface area contributed by atoms with E-state index < -0.39 is 0 Å². The fraction of sp³-hybridized carbons (Fsp3) is 0.545. The average molecular weight is 211 g/mol. The Kier molecular flexibility index (Phi) is 2.50. The molecule has 0 aromatic carbocycles. The van der Waals surface area contributed by atoms with Gasteiger partial charge in [0.25, 0.3) is 0 Å². The van der Waals surface area contributed by atoms with E-state index in [2.05, 4.69) is 11.1 Å². The summed E-state index contributed by atoms with van der Waals surface area (Å²) in [6.45, 7) is 1.95. The maximum absolute atomic E-state index is 6.33. The number of halogens is 1. The number of rotatable bonds is 1. The van der Waals surface area contributed by atoms with Gasteiger partial charge >= 0.3 is 0 Å². The van der Waals surface area contributed by atoms with Crippen molar-refractivity contribution < 1.29 is 0 Å². The molecule has 0 bridgehead atoms. The minimum Gasteiger partial charge on any atom is -0.321 e. The van der Waals surface area contributed by atoms with Crippen LogP contribution >= 0.6 is 11.6 Å². The van der Waals surface area contributed by atoms with Crippen molar-refractivity contribution in [1.29, 1.82) is 0 Å². The third-order valence-electron chi connectivity index (χ3n) is 2.99.